The maximum Gasteiger partial charge on any atom is 0.195 e. The van der Waals surface area contributed by atoms with Gasteiger partial charge in [-0.3, -0.25) is 4.40 Å². The molecule has 7 heteroatoms. The first-order valence-corrected chi connectivity index (χ1v) is 9.75. The van der Waals surface area contributed by atoms with E-state index in [-0.39, 0.29) is 12.2 Å². The number of methoxy groups -OCH3 is 2. The number of thiazole rings is 1. The third-order valence-corrected chi connectivity index (χ3v) is 5.73. The molecule has 0 saturated carbocycles. The summed E-state index contributed by atoms with van der Waals surface area (Å²) < 4.78 is 26.3. The number of fused-ring (bicyclic) bond motifs is 1. The molecule has 0 aliphatic heterocycles. The summed E-state index contributed by atoms with van der Waals surface area (Å²) in [5.41, 5.74) is 3.98. The molecule has 0 radical (unpaired) electrons. The van der Waals surface area contributed by atoms with Crippen molar-refractivity contribution in [3.8, 4) is 40.1 Å². The van der Waals surface area contributed by atoms with Gasteiger partial charge in [0.25, 0.3) is 0 Å². The Kier molecular flexibility index (Phi) is 4.95. The highest BCUT2D eigenvalue weighted by atomic mass is 32.1. The van der Waals surface area contributed by atoms with Gasteiger partial charge in [0.05, 0.1) is 43.8 Å². The van der Waals surface area contributed by atoms with Crippen LogP contribution >= 0.6 is 11.3 Å². The minimum Gasteiger partial charge on any atom is -0.497 e. The predicted octanol–water partition coefficient (Wildman–Crippen LogP) is 5.26. The average molecular weight is 407 g/mol. The van der Waals surface area contributed by atoms with Crippen molar-refractivity contribution in [2.45, 2.75) is 13.3 Å². The maximum atomic E-state index is 13.4. The molecule has 2 aromatic heterocycles. The van der Waals surface area contributed by atoms with Gasteiger partial charge in [0, 0.05) is 10.4 Å². The molecule has 2 heterocycles. The number of aryl methyl sites for hydroxylation is 1. The first kappa shape index (κ1) is 19.0. The molecule has 0 amide bonds. The van der Waals surface area contributed by atoms with Crippen molar-refractivity contribution in [1.29, 1.82) is 5.26 Å². The molecule has 0 bridgehead atoms. The van der Waals surface area contributed by atoms with Crippen LogP contribution in [0.1, 0.15) is 10.6 Å². The quantitative estimate of drug-likeness (QED) is 0.453. The van der Waals surface area contributed by atoms with E-state index in [4.69, 9.17) is 14.5 Å². The van der Waals surface area contributed by atoms with Crippen LogP contribution < -0.4 is 9.47 Å². The number of benzene rings is 2. The third kappa shape index (κ3) is 3.22. The van der Waals surface area contributed by atoms with Gasteiger partial charge < -0.3 is 9.47 Å². The number of hydrogen-bond donors (Lipinski definition) is 0. The van der Waals surface area contributed by atoms with Crippen molar-refractivity contribution >= 4 is 16.3 Å². The molecule has 0 spiro atoms. The van der Waals surface area contributed by atoms with Crippen LogP contribution in [0.25, 0.3) is 27.5 Å². The van der Waals surface area contributed by atoms with Crippen LogP contribution in [-0.2, 0) is 6.42 Å². The largest absolute Gasteiger partial charge is 0.497 e. The van der Waals surface area contributed by atoms with Gasteiger partial charge in [0.2, 0.25) is 0 Å². The summed E-state index contributed by atoms with van der Waals surface area (Å²) in [7, 11) is 3.20. The second kappa shape index (κ2) is 7.57. The van der Waals surface area contributed by atoms with Gasteiger partial charge in [-0.15, -0.1) is 11.3 Å². The van der Waals surface area contributed by atoms with E-state index in [1.807, 2.05) is 29.5 Å². The summed E-state index contributed by atoms with van der Waals surface area (Å²) in [6.07, 6.45) is 0.168. The molecule has 2 aromatic carbocycles. The second-order valence-electron chi connectivity index (χ2n) is 6.44. The molecule has 29 heavy (non-hydrogen) atoms. The zero-order chi connectivity index (χ0) is 20.5. The standard InChI is InChI=1S/C22H18FN3O2S/c1-13-21(14-4-6-15(23)7-5-14)26-18(10-11-24)20(25-22(26)29-13)17-12-16(27-2)8-9-19(17)28-3/h4-9,12H,10H2,1-3H3. The van der Waals surface area contributed by atoms with E-state index in [1.54, 1.807) is 26.4 Å². The van der Waals surface area contributed by atoms with Crippen LogP contribution in [-0.4, -0.2) is 23.6 Å². The Hall–Kier alpha value is -3.37. The number of nitrogens with zero attached hydrogens (tertiary/aromatic N) is 3. The van der Waals surface area contributed by atoms with Gasteiger partial charge in [0.15, 0.2) is 4.96 Å². The van der Waals surface area contributed by atoms with Crippen molar-refractivity contribution in [2.75, 3.05) is 14.2 Å². The minimum atomic E-state index is -0.289. The molecule has 0 N–H and O–H groups in total. The van der Waals surface area contributed by atoms with Crippen molar-refractivity contribution < 1.29 is 13.9 Å². The van der Waals surface area contributed by atoms with E-state index in [1.165, 1.54) is 23.5 Å². The lowest BCUT2D eigenvalue weighted by molar-refractivity contribution is 0.404. The molecule has 0 unspecified atom stereocenters. The summed E-state index contributed by atoms with van der Waals surface area (Å²) in [5, 5.41) is 9.51. The fourth-order valence-electron chi connectivity index (χ4n) is 3.47. The lowest BCUT2D eigenvalue weighted by Gasteiger charge is -2.11. The highest BCUT2D eigenvalue weighted by Gasteiger charge is 2.23. The summed E-state index contributed by atoms with van der Waals surface area (Å²) >= 11 is 1.53. The highest BCUT2D eigenvalue weighted by molar-refractivity contribution is 7.17. The van der Waals surface area contributed by atoms with Crippen LogP contribution in [0.2, 0.25) is 0 Å². The van der Waals surface area contributed by atoms with E-state index in [2.05, 4.69) is 6.07 Å². The number of ether oxygens (including phenoxy) is 2. The molecule has 5 nitrogen and oxygen atoms in total. The topological polar surface area (TPSA) is 59.6 Å². The molecule has 0 aliphatic carbocycles. The van der Waals surface area contributed by atoms with Crippen LogP contribution in [0, 0.1) is 24.1 Å². The van der Waals surface area contributed by atoms with Crippen LogP contribution in [0.5, 0.6) is 11.5 Å². The maximum absolute atomic E-state index is 13.4. The molecule has 146 valence electrons. The van der Waals surface area contributed by atoms with E-state index in [9.17, 15) is 9.65 Å². The monoisotopic (exact) mass is 407 g/mol. The Balaban J connectivity index is 2.02. The number of halogens is 1. The Morgan fingerprint density at radius 1 is 1.14 bits per heavy atom. The van der Waals surface area contributed by atoms with Crippen molar-refractivity contribution in [3.05, 3.63) is 58.9 Å². The Morgan fingerprint density at radius 2 is 1.90 bits per heavy atom. The molecular formula is C22H18FN3O2S. The van der Waals surface area contributed by atoms with Crippen molar-refractivity contribution in [3.63, 3.8) is 0 Å². The number of nitriles is 1. The molecular weight excluding hydrogens is 389 g/mol. The summed E-state index contributed by atoms with van der Waals surface area (Å²) in [6.45, 7) is 2.00. The van der Waals surface area contributed by atoms with Gasteiger partial charge in [-0.2, -0.15) is 5.26 Å². The van der Waals surface area contributed by atoms with Gasteiger partial charge in [-0.05, 0) is 55.0 Å². The minimum absolute atomic E-state index is 0.168. The molecule has 0 aliphatic rings. The fraction of sp³-hybridized carbons (Fsp3) is 0.182. The molecule has 4 rings (SSSR count). The van der Waals surface area contributed by atoms with Crippen LogP contribution in [0.3, 0.4) is 0 Å². The predicted molar refractivity (Wildman–Crippen MR) is 111 cm³/mol. The Bertz CT molecular complexity index is 1240. The Morgan fingerprint density at radius 3 is 2.55 bits per heavy atom. The molecule has 0 saturated heterocycles. The Labute approximate surface area is 171 Å². The lowest BCUT2D eigenvalue weighted by Crippen LogP contribution is -1.98. The van der Waals surface area contributed by atoms with Gasteiger partial charge >= 0.3 is 0 Å². The highest BCUT2D eigenvalue weighted by Crippen LogP contribution is 2.40. The normalized spacial score (nSPS) is 10.9. The summed E-state index contributed by atoms with van der Waals surface area (Å²) in [4.78, 5) is 6.65. The zero-order valence-electron chi connectivity index (χ0n) is 16.2. The van der Waals surface area contributed by atoms with Crippen LogP contribution in [0.4, 0.5) is 4.39 Å². The van der Waals surface area contributed by atoms with E-state index in [0.717, 1.165) is 32.4 Å². The molecule has 0 atom stereocenters. The first-order chi connectivity index (χ1) is 14.1. The van der Waals surface area contributed by atoms with Gasteiger partial charge in [-0.25, -0.2) is 9.37 Å². The first-order valence-electron chi connectivity index (χ1n) is 8.93. The number of aromatic nitrogens is 2. The van der Waals surface area contributed by atoms with Crippen LogP contribution in [0.15, 0.2) is 42.5 Å². The summed E-state index contributed by atoms with van der Waals surface area (Å²) in [6, 6.07) is 14.1. The van der Waals surface area contributed by atoms with Gasteiger partial charge in [-0.1, -0.05) is 0 Å². The zero-order valence-corrected chi connectivity index (χ0v) is 17.0. The van der Waals surface area contributed by atoms with E-state index >= 15 is 0 Å². The smallest absolute Gasteiger partial charge is 0.195 e. The molecule has 0 fully saturated rings. The SMILES string of the molecule is COc1ccc(OC)c(-c2nc3sc(C)c(-c4ccc(F)cc4)n3c2CC#N)c1. The summed E-state index contributed by atoms with van der Waals surface area (Å²) in [5.74, 6) is 1.04. The van der Waals surface area contributed by atoms with E-state index in [0.29, 0.717) is 17.2 Å². The lowest BCUT2D eigenvalue weighted by atomic mass is 10.1. The molecule has 4 aromatic rings. The number of hydrogen-bond acceptors (Lipinski definition) is 5. The van der Waals surface area contributed by atoms with Crippen molar-refractivity contribution in [1.82, 2.24) is 9.38 Å². The van der Waals surface area contributed by atoms with Gasteiger partial charge in [0.1, 0.15) is 17.3 Å². The second-order valence-corrected chi connectivity index (χ2v) is 7.62. The number of rotatable bonds is 5. The average Bonchev–Trinajstić information content (AvgIpc) is 3.23. The third-order valence-electron chi connectivity index (χ3n) is 4.77. The van der Waals surface area contributed by atoms with E-state index < -0.39 is 0 Å². The van der Waals surface area contributed by atoms with Crippen molar-refractivity contribution in [2.24, 2.45) is 0 Å². The number of imidazole rings is 1. The fourth-order valence-corrected chi connectivity index (χ4v) is 4.48.